The summed E-state index contributed by atoms with van der Waals surface area (Å²) in [5, 5.41) is 9.58. The molecule has 0 aromatic carbocycles. The number of carboxylic acid groups (broad SMARTS) is 1. The maximum absolute atomic E-state index is 12.5. The van der Waals surface area contributed by atoms with E-state index >= 15 is 0 Å². The van der Waals surface area contributed by atoms with E-state index in [0.717, 1.165) is 0 Å². The Hall–Kier alpha value is -1.06. The lowest BCUT2D eigenvalue weighted by atomic mass is 9.55. The molecule has 0 radical (unpaired) electrons. The lowest BCUT2D eigenvalue weighted by Crippen LogP contribution is -2.53. The van der Waals surface area contributed by atoms with E-state index in [-0.39, 0.29) is 12.5 Å². The first-order valence-corrected chi connectivity index (χ1v) is 6.96. The van der Waals surface area contributed by atoms with Gasteiger partial charge in [0.25, 0.3) is 0 Å². The van der Waals surface area contributed by atoms with E-state index < -0.39 is 28.7 Å². The third-order valence-electron chi connectivity index (χ3n) is 4.00. The van der Waals surface area contributed by atoms with Crippen LogP contribution in [0.2, 0.25) is 0 Å². The zero-order chi connectivity index (χ0) is 15.4. The summed E-state index contributed by atoms with van der Waals surface area (Å²) in [5.74, 6) is -2.22. The normalized spacial score (nSPS) is 16.8. The van der Waals surface area contributed by atoms with Crippen molar-refractivity contribution >= 4 is 11.9 Å². The number of ether oxygens (including phenoxy) is 1. The molecule has 4 heteroatoms. The van der Waals surface area contributed by atoms with Crippen LogP contribution in [0.25, 0.3) is 0 Å². The molecule has 0 amide bonds. The second-order valence-corrected chi connectivity index (χ2v) is 6.36. The quantitative estimate of drug-likeness (QED) is 0.753. The Labute approximate surface area is 116 Å². The van der Waals surface area contributed by atoms with Crippen molar-refractivity contribution in [3.8, 4) is 0 Å². The first kappa shape index (κ1) is 17.9. The molecule has 2 atom stereocenters. The van der Waals surface area contributed by atoms with E-state index in [0.29, 0.717) is 6.42 Å². The number of hydrogen-bond donors (Lipinski definition) is 1. The molecule has 0 heterocycles. The minimum absolute atomic E-state index is 0.138. The molecule has 1 N–H and O–H groups in total. The van der Waals surface area contributed by atoms with Crippen LogP contribution in [0, 0.1) is 22.7 Å². The molecule has 0 saturated carbocycles. The molecule has 4 nitrogen and oxygen atoms in total. The van der Waals surface area contributed by atoms with Gasteiger partial charge in [0.1, 0.15) is 0 Å². The third-order valence-corrected chi connectivity index (χ3v) is 4.00. The highest BCUT2D eigenvalue weighted by Gasteiger charge is 2.57. The molecule has 19 heavy (non-hydrogen) atoms. The van der Waals surface area contributed by atoms with Crippen LogP contribution < -0.4 is 0 Å². The Bertz CT molecular complexity index is 328. The van der Waals surface area contributed by atoms with Crippen LogP contribution in [0.5, 0.6) is 0 Å². The van der Waals surface area contributed by atoms with E-state index in [4.69, 9.17) is 4.74 Å². The summed E-state index contributed by atoms with van der Waals surface area (Å²) >= 11 is 0. The van der Waals surface area contributed by atoms with Gasteiger partial charge in [-0.05, 0) is 24.7 Å². The monoisotopic (exact) mass is 272 g/mol. The van der Waals surface area contributed by atoms with Crippen LogP contribution in [0.1, 0.15) is 54.9 Å². The van der Waals surface area contributed by atoms with E-state index in [1.807, 2.05) is 41.5 Å². The van der Waals surface area contributed by atoms with Crippen molar-refractivity contribution in [3.63, 3.8) is 0 Å². The minimum Gasteiger partial charge on any atom is -0.481 e. The fourth-order valence-electron chi connectivity index (χ4n) is 3.12. The van der Waals surface area contributed by atoms with Crippen LogP contribution >= 0.6 is 0 Å². The van der Waals surface area contributed by atoms with Crippen molar-refractivity contribution in [3.05, 3.63) is 0 Å². The van der Waals surface area contributed by atoms with Gasteiger partial charge >= 0.3 is 11.9 Å². The first-order valence-electron chi connectivity index (χ1n) is 6.96. The van der Waals surface area contributed by atoms with Gasteiger partial charge in [-0.15, -0.1) is 0 Å². The summed E-state index contributed by atoms with van der Waals surface area (Å²) in [5.41, 5.74) is -1.50. The van der Waals surface area contributed by atoms with Gasteiger partial charge in [-0.25, -0.2) is 0 Å². The molecular formula is C15H28O4. The molecule has 2 unspecified atom stereocenters. The standard InChI is InChI=1S/C15H28O4/c1-8-15(14(5,6)7,13(18)19-9-2)11(10(3)4)12(16)17/h10-11H,8-9H2,1-7H3,(H,16,17). The number of aliphatic carboxylic acids is 1. The molecular weight excluding hydrogens is 244 g/mol. The number of carbonyl (C=O) groups is 2. The SMILES string of the molecule is CCOC(=O)C(CC)(C(C(=O)O)C(C)C)C(C)(C)C. The molecule has 0 fully saturated rings. The van der Waals surface area contributed by atoms with Gasteiger partial charge < -0.3 is 9.84 Å². The second kappa shape index (κ2) is 6.40. The number of rotatable bonds is 6. The number of esters is 1. The van der Waals surface area contributed by atoms with Gasteiger partial charge in [-0.3, -0.25) is 9.59 Å². The fraction of sp³-hybridized carbons (Fsp3) is 0.867. The summed E-state index contributed by atoms with van der Waals surface area (Å²) in [6.45, 7) is 13.3. The molecule has 0 aliphatic heterocycles. The molecule has 0 aliphatic carbocycles. The Balaban J connectivity index is 5.99. The van der Waals surface area contributed by atoms with Gasteiger partial charge in [0.05, 0.1) is 17.9 Å². The van der Waals surface area contributed by atoms with E-state index in [9.17, 15) is 14.7 Å². The molecule has 0 spiro atoms. The molecule has 0 aliphatic rings. The van der Waals surface area contributed by atoms with Crippen LogP contribution in [-0.4, -0.2) is 23.7 Å². The Kier molecular flexibility index (Phi) is 6.04. The topological polar surface area (TPSA) is 63.6 Å². The average molecular weight is 272 g/mol. The molecule has 0 aromatic rings. The van der Waals surface area contributed by atoms with Gasteiger partial charge in [-0.2, -0.15) is 0 Å². The summed E-state index contributed by atoms with van der Waals surface area (Å²) in [6, 6.07) is 0. The van der Waals surface area contributed by atoms with E-state index in [1.54, 1.807) is 6.92 Å². The highest BCUT2D eigenvalue weighted by molar-refractivity contribution is 5.85. The van der Waals surface area contributed by atoms with Crippen molar-refractivity contribution in [2.45, 2.75) is 54.9 Å². The Morgan fingerprint density at radius 1 is 1.16 bits per heavy atom. The predicted molar refractivity (Wildman–Crippen MR) is 74.8 cm³/mol. The fourth-order valence-corrected chi connectivity index (χ4v) is 3.12. The van der Waals surface area contributed by atoms with Crippen molar-refractivity contribution in [2.24, 2.45) is 22.7 Å². The molecule has 0 saturated heterocycles. The largest absolute Gasteiger partial charge is 0.481 e. The lowest BCUT2D eigenvalue weighted by Gasteiger charge is -2.47. The number of carboxylic acids is 1. The predicted octanol–water partition coefficient (Wildman–Crippen LogP) is 3.35. The summed E-state index contributed by atoms with van der Waals surface area (Å²) < 4.78 is 5.20. The molecule has 112 valence electrons. The third kappa shape index (κ3) is 3.28. The van der Waals surface area contributed by atoms with Gasteiger partial charge in [0, 0.05) is 0 Å². The second-order valence-electron chi connectivity index (χ2n) is 6.36. The van der Waals surface area contributed by atoms with Crippen molar-refractivity contribution in [1.82, 2.24) is 0 Å². The average Bonchev–Trinajstić information content (AvgIpc) is 2.22. The van der Waals surface area contributed by atoms with Crippen LogP contribution in [0.4, 0.5) is 0 Å². The Morgan fingerprint density at radius 3 is 1.84 bits per heavy atom. The summed E-state index contributed by atoms with van der Waals surface area (Å²) in [6.07, 6.45) is 0.449. The summed E-state index contributed by atoms with van der Waals surface area (Å²) in [7, 11) is 0. The van der Waals surface area contributed by atoms with Gasteiger partial charge in [0.2, 0.25) is 0 Å². The van der Waals surface area contributed by atoms with Crippen molar-refractivity contribution < 1.29 is 19.4 Å². The van der Waals surface area contributed by atoms with E-state index in [2.05, 4.69) is 0 Å². The first-order chi connectivity index (χ1) is 8.56. The molecule has 0 bridgehead atoms. The summed E-state index contributed by atoms with van der Waals surface area (Å²) in [4.78, 5) is 24.2. The Morgan fingerprint density at radius 2 is 1.63 bits per heavy atom. The van der Waals surface area contributed by atoms with Crippen molar-refractivity contribution in [1.29, 1.82) is 0 Å². The highest BCUT2D eigenvalue weighted by Crippen LogP contribution is 2.51. The van der Waals surface area contributed by atoms with Crippen LogP contribution in [0.15, 0.2) is 0 Å². The number of carbonyl (C=O) groups excluding carboxylic acids is 1. The zero-order valence-corrected chi connectivity index (χ0v) is 13.2. The highest BCUT2D eigenvalue weighted by atomic mass is 16.5. The zero-order valence-electron chi connectivity index (χ0n) is 13.2. The lowest BCUT2D eigenvalue weighted by molar-refractivity contribution is -0.180. The minimum atomic E-state index is -1.01. The van der Waals surface area contributed by atoms with Crippen molar-refractivity contribution in [2.75, 3.05) is 6.61 Å². The molecule has 0 rings (SSSR count). The smallest absolute Gasteiger partial charge is 0.313 e. The van der Waals surface area contributed by atoms with Crippen LogP contribution in [0.3, 0.4) is 0 Å². The molecule has 0 aromatic heterocycles. The maximum atomic E-state index is 12.5. The number of hydrogen-bond acceptors (Lipinski definition) is 3. The maximum Gasteiger partial charge on any atom is 0.313 e. The van der Waals surface area contributed by atoms with Gasteiger partial charge in [-0.1, -0.05) is 41.5 Å². The van der Waals surface area contributed by atoms with E-state index in [1.165, 1.54) is 0 Å². The van der Waals surface area contributed by atoms with Gasteiger partial charge in [0.15, 0.2) is 0 Å². The van der Waals surface area contributed by atoms with Crippen LogP contribution in [-0.2, 0) is 14.3 Å².